The van der Waals surface area contributed by atoms with Crippen LogP contribution in [0.15, 0.2) is 65.7 Å². The van der Waals surface area contributed by atoms with Gasteiger partial charge < -0.3 is 0 Å². The molecule has 0 amide bonds. The Morgan fingerprint density at radius 1 is 0.889 bits per heavy atom. The van der Waals surface area contributed by atoms with E-state index in [2.05, 4.69) is 11.9 Å². The molecule has 1 N–H and O–H groups in total. The molecule has 0 saturated carbocycles. The SMILES string of the molecule is CC/C(=N\C(=N)c1ccccc1)c1ccccc1. The lowest BCUT2D eigenvalue weighted by molar-refractivity contribution is 1.26. The van der Waals surface area contributed by atoms with Gasteiger partial charge in [-0.25, -0.2) is 4.99 Å². The second-order valence-corrected chi connectivity index (χ2v) is 3.99. The van der Waals surface area contributed by atoms with E-state index in [-0.39, 0.29) is 0 Å². The van der Waals surface area contributed by atoms with E-state index in [0.29, 0.717) is 5.84 Å². The van der Waals surface area contributed by atoms with Crippen LogP contribution in [0.25, 0.3) is 0 Å². The molecule has 0 aliphatic carbocycles. The third kappa shape index (κ3) is 2.92. The van der Waals surface area contributed by atoms with Crippen LogP contribution in [-0.4, -0.2) is 11.5 Å². The van der Waals surface area contributed by atoms with E-state index < -0.39 is 0 Å². The summed E-state index contributed by atoms with van der Waals surface area (Å²) in [5, 5.41) is 8.03. The Hall–Kier alpha value is -2.22. The number of aliphatic imine (C=N–C) groups is 1. The Morgan fingerprint density at radius 2 is 1.39 bits per heavy atom. The van der Waals surface area contributed by atoms with E-state index in [9.17, 15) is 0 Å². The number of nitrogens with zero attached hydrogens (tertiary/aromatic N) is 1. The zero-order valence-corrected chi connectivity index (χ0v) is 10.4. The molecule has 0 fully saturated rings. The maximum Gasteiger partial charge on any atom is 0.152 e. The Morgan fingerprint density at radius 3 is 1.89 bits per heavy atom. The van der Waals surface area contributed by atoms with Crippen LogP contribution in [0.5, 0.6) is 0 Å². The quantitative estimate of drug-likeness (QED) is 0.619. The van der Waals surface area contributed by atoms with Crippen molar-refractivity contribution in [3.8, 4) is 0 Å². The molecule has 2 heteroatoms. The van der Waals surface area contributed by atoms with Gasteiger partial charge in [-0.2, -0.15) is 0 Å². The number of hydrogen-bond donors (Lipinski definition) is 1. The van der Waals surface area contributed by atoms with E-state index in [1.807, 2.05) is 60.7 Å². The molecule has 0 saturated heterocycles. The molecular weight excluding hydrogens is 220 g/mol. The van der Waals surface area contributed by atoms with E-state index in [0.717, 1.165) is 23.3 Å². The fourth-order valence-corrected chi connectivity index (χ4v) is 1.77. The summed E-state index contributed by atoms with van der Waals surface area (Å²) in [5.41, 5.74) is 2.88. The molecule has 2 aromatic rings. The zero-order chi connectivity index (χ0) is 12.8. The van der Waals surface area contributed by atoms with E-state index in [1.165, 1.54) is 0 Å². The molecular formula is C16H16N2. The van der Waals surface area contributed by atoms with E-state index in [4.69, 9.17) is 5.41 Å². The van der Waals surface area contributed by atoms with Gasteiger partial charge >= 0.3 is 0 Å². The van der Waals surface area contributed by atoms with Crippen molar-refractivity contribution < 1.29 is 0 Å². The second-order valence-electron chi connectivity index (χ2n) is 3.99. The van der Waals surface area contributed by atoms with Crippen molar-refractivity contribution in [1.82, 2.24) is 0 Å². The smallest absolute Gasteiger partial charge is 0.152 e. The van der Waals surface area contributed by atoms with Crippen LogP contribution in [-0.2, 0) is 0 Å². The molecule has 0 aliphatic heterocycles. The molecule has 0 spiro atoms. The van der Waals surface area contributed by atoms with Crippen molar-refractivity contribution in [3.63, 3.8) is 0 Å². The summed E-state index contributed by atoms with van der Waals surface area (Å²) in [5.74, 6) is 0.316. The Balaban J connectivity index is 2.29. The van der Waals surface area contributed by atoms with E-state index >= 15 is 0 Å². The monoisotopic (exact) mass is 236 g/mol. The highest BCUT2D eigenvalue weighted by molar-refractivity contribution is 6.11. The number of benzene rings is 2. The Labute approximate surface area is 108 Å². The van der Waals surface area contributed by atoms with Crippen molar-refractivity contribution in [2.45, 2.75) is 13.3 Å². The Bertz CT molecular complexity index is 542. The fourth-order valence-electron chi connectivity index (χ4n) is 1.77. The predicted molar refractivity (Wildman–Crippen MR) is 76.5 cm³/mol. The van der Waals surface area contributed by atoms with E-state index in [1.54, 1.807) is 0 Å². The molecule has 0 atom stereocenters. The topological polar surface area (TPSA) is 36.2 Å². The van der Waals surface area contributed by atoms with Crippen molar-refractivity contribution in [3.05, 3.63) is 71.8 Å². The summed E-state index contributed by atoms with van der Waals surface area (Å²) in [6, 6.07) is 19.6. The normalized spacial score (nSPS) is 11.3. The molecule has 2 rings (SSSR count). The largest absolute Gasteiger partial charge is 0.282 e. The van der Waals surface area contributed by atoms with Crippen molar-refractivity contribution >= 4 is 11.5 Å². The molecule has 0 unspecified atom stereocenters. The van der Waals surface area contributed by atoms with Crippen molar-refractivity contribution in [1.29, 1.82) is 5.41 Å². The lowest BCUT2D eigenvalue weighted by atomic mass is 10.1. The third-order valence-corrected chi connectivity index (χ3v) is 2.74. The first-order valence-corrected chi connectivity index (χ1v) is 6.08. The zero-order valence-electron chi connectivity index (χ0n) is 10.4. The predicted octanol–water partition coefficient (Wildman–Crippen LogP) is 3.91. The van der Waals surface area contributed by atoms with Gasteiger partial charge in [-0.1, -0.05) is 67.6 Å². The van der Waals surface area contributed by atoms with Gasteiger partial charge in [0.2, 0.25) is 0 Å². The number of nitrogens with one attached hydrogen (secondary N) is 1. The summed E-state index contributed by atoms with van der Waals surface area (Å²) >= 11 is 0. The average molecular weight is 236 g/mol. The maximum atomic E-state index is 8.03. The summed E-state index contributed by atoms with van der Waals surface area (Å²) in [7, 11) is 0. The molecule has 2 aromatic carbocycles. The first-order valence-electron chi connectivity index (χ1n) is 6.08. The van der Waals surface area contributed by atoms with Gasteiger partial charge in [0.1, 0.15) is 0 Å². The highest BCUT2D eigenvalue weighted by atomic mass is 14.8. The van der Waals surface area contributed by atoms with Gasteiger partial charge in [-0.3, -0.25) is 5.41 Å². The number of amidine groups is 1. The molecule has 18 heavy (non-hydrogen) atoms. The third-order valence-electron chi connectivity index (χ3n) is 2.74. The van der Waals surface area contributed by atoms with Gasteiger partial charge in [0.15, 0.2) is 5.84 Å². The van der Waals surface area contributed by atoms with Crippen LogP contribution < -0.4 is 0 Å². The number of rotatable bonds is 3. The van der Waals surface area contributed by atoms with Crippen LogP contribution in [0.4, 0.5) is 0 Å². The Kier molecular flexibility index (Phi) is 4.02. The standard InChI is InChI=1S/C16H16N2/c1-2-15(13-9-5-3-6-10-13)18-16(17)14-11-7-4-8-12-14/h3-12,17H,2H2,1H3/b17-16?,18-15+. The molecule has 0 radical (unpaired) electrons. The molecule has 0 bridgehead atoms. The van der Waals surface area contributed by atoms with Crippen LogP contribution in [0.2, 0.25) is 0 Å². The van der Waals surface area contributed by atoms with Crippen LogP contribution in [0.1, 0.15) is 24.5 Å². The molecule has 2 nitrogen and oxygen atoms in total. The van der Waals surface area contributed by atoms with Gasteiger partial charge in [-0.05, 0) is 12.0 Å². The van der Waals surface area contributed by atoms with Gasteiger partial charge in [0.05, 0.1) is 0 Å². The van der Waals surface area contributed by atoms with Gasteiger partial charge in [0, 0.05) is 11.3 Å². The lowest BCUT2D eigenvalue weighted by Crippen LogP contribution is -2.04. The highest BCUT2D eigenvalue weighted by Crippen LogP contribution is 2.07. The van der Waals surface area contributed by atoms with Crippen LogP contribution in [0.3, 0.4) is 0 Å². The minimum absolute atomic E-state index is 0.316. The first kappa shape index (κ1) is 12.2. The second kappa shape index (κ2) is 5.92. The first-order chi connectivity index (χ1) is 8.81. The summed E-state index contributed by atoms with van der Waals surface area (Å²) in [6.07, 6.45) is 0.819. The molecule has 0 heterocycles. The summed E-state index contributed by atoms with van der Waals surface area (Å²) in [4.78, 5) is 4.44. The van der Waals surface area contributed by atoms with Crippen molar-refractivity contribution in [2.24, 2.45) is 4.99 Å². The summed E-state index contributed by atoms with van der Waals surface area (Å²) in [6.45, 7) is 2.06. The van der Waals surface area contributed by atoms with Gasteiger partial charge in [0.25, 0.3) is 0 Å². The molecule has 90 valence electrons. The molecule has 0 aromatic heterocycles. The van der Waals surface area contributed by atoms with Gasteiger partial charge in [-0.15, -0.1) is 0 Å². The average Bonchev–Trinajstić information content (AvgIpc) is 2.46. The number of hydrogen-bond acceptors (Lipinski definition) is 1. The summed E-state index contributed by atoms with van der Waals surface area (Å²) < 4.78 is 0. The minimum atomic E-state index is 0.316. The highest BCUT2D eigenvalue weighted by Gasteiger charge is 2.03. The van der Waals surface area contributed by atoms with Crippen LogP contribution in [0, 0.1) is 5.41 Å². The van der Waals surface area contributed by atoms with Crippen molar-refractivity contribution in [2.75, 3.05) is 0 Å². The van der Waals surface area contributed by atoms with Crippen LogP contribution >= 0.6 is 0 Å². The fraction of sp³-hybridized carbons (Fsp3) is 0.125. The minimum Gasteiger partial charge on any atom is -0.282 e. The lowest BCUT2D eigenvalue weighted by Gasteiger charge is -2.05. The maximum absolute atomic E-state index is 8.03. The molecule has 0 aliphatic rings.